The van der Waals surface area contributed by atoms with Gasteiger partial charge in [0.1, 0.15) is 18.0 Å². The average molecular weight is 416 g/mol. The van der Waals surface area contributed by atoms with Crippen LogP contribution in [-0.4, -0.2) is 75.4 Å². The summed E-state index contributed by atoms with van der Waals surface area (Å²) < 4.78 is 6.97. The zero-order chi connectivity index (χ0) is 20.5. The molecule has 0 aromatic carbocycles. The van der Waals surface area contributed by atoms with Crippen molar-refractivity contribution < 1.29 is 24.5 Å². The largest absolute Gasteiger partial charge is 0.388 e. The van der Waals surface area contributed by atoms with E-state index in [0.717, 1.165) is 6.16 Å². The molecule has 2 rings (SSSR count). The van der Waals surface area contributed by atoms with E-state index in [-0.39, 0.29) is 16.1 Å². The van der Waals surface area contributed by atoms with Crippen LogP contribution in [0.2, 0.25) is 0 Å². The molecule has 1 aromatic rings. The number of Topliss-reactive ketones (excluding diaryl/α,β-unsaturated/α-hetero) is 2. The van der Waals surface area contributed by atoms with Gasteiger partial charge in [-0.2, -0.15) is 0 Å². The summed E-state index contributed by atoms with van der Waals surface area (Å²) in [5.41, 5.74) is -0.965. The van der Waals surface area contributed by atoms with E-state index in [1.165, 1.54) is 17.7 Å². The number of ether oxygens (including phenoxy) is 1. The smallest absolute Gasteiger partial charge is 0.262 e. The van der Waals surface area contributed by atoms with Gasteiger partial charge in [-0.15, -0.1) is 13.2 Å². The second kappa shape index (κ2) is 8.32. The molecule has 1 aliphatic rings. The lowest BCUT2D eigenvalue weighted by molar-refractivity contribution is -0.116. The molecule has 0 bridgehead atoms. The summed E-state index contributed by atoms with van der Waals surface area (Å²) in [4.78, 5) is 37.7. The number of aliphatic hydroxyl groups is 2. The molecular formula is C17H25N2O6PS. The minimum absolute atomic E-state index is 0.0544. The number of ketones is 2. The minimum Gasteiger partial charge on any atom is -0.388 e. The molecule has 27 heavy (non-hydrogen) atoms. The normalized spacial score (nSPS) is 25.5. The lowest BCUT2D eigenvalue weighted by atomic mass is 10.1. The number of rotatable bonds is 7. The second-order valence-electron chi connectivity index (χ2n) is 7.51. The molecule has 0 radical (unpaired) electrons. The number of aliphatic hydroxyl groups excluding tert-OH is 2. The van der Waals surface area contributed by atoms with Gasteiger partial charge in [-0.05, 0) is 45.1 Å². The molecule has 3 N–H and O–H groups in total. The quantitative estimate of drug-likeness (QED) is 0.260. The Labute approximate surface area is 162 Å². The molecule has 1 saturated heterocycles. The first kappa shape index (κ1) is 21.9. The Balaban J connectivity index is 2.33. The highest BCUT2D eigenvalue weighted by Gasteiger charge is 2.43. The van der Waals surface area contributed by atoms with E-state index in [9.17, 15) is 24.6 Å². The van der Waals surface area contributed by atoms with Gasteiger partial charge in [-0.1, -0.05) is 0 Å². The third-order valence-corrected chi connectivity index (χ3v) is 6.09. The first-order valence-corrected chi connectivity index (χ1v) is 11.9. The van der Waals surface area contributed by atoms with Crippen LogP contribution < -0.4 is 5.56 Å². The van der Waals surface area contributed by atoms with Gasteiger partial charge in [0.2, 0.25) is 0 Å². The highest BCUT2D eigenvalue weighted by molar-refractivity contribution is 7.72. The molecule has 4 atom stereocenters. The third-order valence-electron chi connectivity index (χ3n) is 4.31. The number of nitrogens with zero attached hydrogens (tertiary/aromatic N) is 1. The van der Waals surface area contributed by atoms with E-state index in [2.05, 4.69) is 24.6 Å². The molecule has 8 nitrogen and oxygen atoms in total. The fourth-order valence-corrected chi connectivity index (χ4v) is 4.07. The summed E-state index contributed by atoms with van der Waals surface area (Å²) >= 11 is 5.12. The summed E-state index contributed by atoms with van der Waals surface area (Å²) in [5, 5.41) is 20.7. The van der Waals surface area contributed by atoms with E-state index in [1.807, 2.05) is 0 Å². The topological polar surface area (TPSA) is 122 Å². The summed E-state index contributed by atoms with van der Waals surface area (Å²) in [5.74, 6) is -1.03. The number of nitrogens with one attached hydrogen (secondary N) is 1. The van der Waals surface area contributed by atoms with Gasteiger partial charge >= 0.3 is 0 Å². The maximum absolute atomic E-state index is 12.1. The van der Waals surface area contributed by atoms with Gasteiger partial charge in [-0.25, -0.2) is 0 Å². The van der Waals surface area contributed by atoms with Crippen molar-refractivity contribution in [1.82, 2.24) is 9.55 Å². The number of hydrogen-bond acceptors (Lipinski definition) is 7. The monoisotopic (exact) mass is 416 g/mol. The summed E-state index contributed by atoms with van der Waals surface area (Å²) in [6, 6.07) is 0. The molecule has 0 saturated carbocycles. The zero-order valence-electron chi connectivity index (χ0n) is 15.5. The number of aromatic nitrogens is 2. The maximum Gasteiger partial charge on any atom is 0.262 e. The Kier molecular flexibility index (Phi) is 6.76. The van der Waals surface area contributed by atoms with Gasteiger partial charge in [0.15, 0.2) is 16.8 Å². The Bertz CT molecular complexity index is 901. The van der Waals surface area contributed by atoms with Crippen LogP contribution in [-0.2, 0) is 9.53 Å². The van der Waals surface area contributed by atoms with Crippen molar-refractivity contribution >= 4 is 37.0 Å². The molecule has 0 aliphatic carbocycles. The minimum atomic E-state index is -1.33. The number of H-pyrrole nitrogens is 1. The van der Waals surface area contributed by atoms with E-state index < -0.39 is 49.2 Å². The van der Waals surface area contributed by atoms with Gasteiger partial charge in [0.25, 0.3) is 5.56 Å². The van der Waals surface area contributed by atoms with Crippen molar-refractivity contribution in [3.63, 3.8) is 0 Å². The van der Waals surface area contributed by atoms with Gasteiger partial charge in [-0.3, -0.25) is 23.9 Å². The second-order valence-corrected chi connectivity index (χ2v) is 12.2. The Morgan fingerprint density at radius 1 is 1.37 bits per heavy atom. The summed E-state index contributed by atoms with van der Waals surface area (Å²) in [6.45, 7) is 4.04. The predicted octanol–water partition coefficient (Wildman–Crippen LogP) is 0.786. The van der Waals surface area contributed by atoms with Crippen molar-refractivity contribution in [2.75, 3.05) is 19.5 Å². The van der Waals surface area contributed by atoms with Crippen LogP contribution >= 0.6 is 19.1 Å². The lowest BCUT2D eigenvalue weighted by Crippen LogP contribution is -2.33. The molecule has 150 valence electrons. The van der Waals surface area contributed by atoms with Crippen LogP contribution in [0.5, 0.6) is 0 Å². The van der Waals surface area contributed by atoms with Gasteiger partial charge in [0, 0.05) is 6.20 Å². The zero-order valence-corrected chi connectivity index (χ0v) is 17.3. The average Bonchev–Trinajstić information content (AvgIpc) is 2.80. The standard InChI is InChI=1S/C17H25N2O6PS/c1-9(20)7-11(21)10-8-19(17(27)18-15(10)24)16-14(23)13(22)12(25-16)5-6-26(2,3)4/h8,12-14,16,22-23H,2,5-7H2,1,3-4H3,(H,18,24,27)/t12-,13-,14-,16?/m1/s1. The first-order chi connectivity index (χ1) is 12.4. The van der Waals surface area contributed by atoms with Crippen LogP contribution in [0.15, 0.2) is 11.0 Å². The van der Waals surface area contributed by atoms with Crippen molar-refractivity contribution in [3.05, 3.63) is 26.9 Å². The summed E-state index contributed by atoms with van der Waals surface area (Å²) in [7, 11) is 0. The number of carbonyl (C=O) groups excluding carboxylic acids is 2. The van der Waals surface area contributed by atoms with Gasteiger partial charge in [0.05, 0.1) is 18.1 Å². The van der Waals surface area contributed by atoms with E-state index in [4.69, 9.17) is 17.0 Å². The lowest BCUT2D eigenvalue weighted by Gasteiger charge is -2.19. The van der Waals surface area contributed by atoms with Crippen LogP contribution in [0, 0.1) is 4.77 Å². The van der Waals surface area contributed by atoms with Crippen LogP contribution in [0.25, 0.3) is 0 Å². The van der Waals surface area contributed by atoms with Crippen molar-refractivity contribution in [3.8, 4) is 0 Å². The SMILES string of the molecule is C=P(C)(C)CC[C@H]1OC(n2cc(C(=O)CC(C)=O)c(=O)[nH]c2=S)[C@H](O)[C@@H]1O. The van der Waals surface area contributed by atoms with E-state index >= 15 is 0 Å². The van der Waals surface area contributed by atoms with Crippen LogP contribution in [0.4, 0.5) is 0 Å². The Morgan fingerprint density at radius 2 is 2.00 bits per heavy atom. The molecule has 0 spiro atoms. The Morgan fingerprint density at radius 3 is 2.56 bits per heavy atom. The van der Waals surface area contributed by atoms with E-state index in [1.54, 1.807) is 0 Å². The molecule has 1 aromatic heterocycles. The van der Waals surface area contributed by atoms with Crippen molar-refractivity contribution in [2.45, 2.75) is 44.3 Å². The molecule has 1 aliphatic heterocycles. The first-order valence-electron chi connectivity index (χ1n) is 8.48. The van der Waals surface area contributed by atoms with E-state index in [0.29, 0.717) is 6.42 Å². The number of carbonyl (C=O) groups is 2. The molecule has 0 amide bonds. The fourth-order valence-electron chi connectivity index (χ4n) is 2.87. The fraction of sp³-hybridized carbons (Fsp3) is 0.588. The molecular weight excluding hydrogens is 391 g/mol. The van der Waals surface area contributed by atoms with Crippen molar-refractivity contribution in [1.29, 1.82) is 0 Å². The molecule has 1 unspecified atom stereocenters. The number of hydrogen-bond donors (Lipinski definition) is 3. The molecule has 10 heteroatoms. The highest BCUT2D eigenvalue weighted by Crippen LogP contribution is 2.39. The molecule has 2 heterocycles. The number of aromatic amines is 1. The predicted molar refractivity (Wildman–Crippen MR) is 107 cm³/mol. The molecule has 1 fully saturated rings. The van der Waals surface area contributed by atoms with Crippen LogP contribution in [0.3, 0.4) is 0 Å². The maximum atomic E-state index is 12.1. The van der Waals surface area contributed by atoms with Gasteiger partial charge < -0.3 is 14.9 Å². The highest BCUT2D eigenvalue weighted by atomic mass is 32.1. The van der Waals surface area contributed by atoms with Crippen LogP contribution in [0.1, 0.15) is 36.4 Å². The third kappa shape index (κ3) is 5.33. The van der Waals surface area contributed by atoms with Crippen molar-refractivity contribution in [2.24, 2.45) is 0 Å². The Hall–Kier alpha value is -1.38. The summed E-state index contributed by atoms with van der Waals surface area (Å²) in [6.07, 6.45) is 2.08.